The molecule has 8 heavy (non-hydrogen) atoms. The summed E-state index contributed by atoms with van der Waals surface area (Å²) in [5, 5.41) is 0. The maximum Gasteiger partial charge on any atom is 0.0220 e. The number of alkyl halides is 1. The molecule has 0 bridgehead atoms. The van der Waals surface area contributed by atoms with Gasteiger partial charge in [-0.1, -0.05) is 6.92 Å². The van der Waals surface area contributed by atoms with Gasteiger partial charge in [-0.25, -0.2) is 0 Å². The Kier molecular flexibility index (Phi) is 14.3. The van der Waals surface area contributed by atoms with Gasteiger partial charge in [-0.2, -0.15) is 0 Å². The highest BCUT2D eigenvalue weighted by Gasteiger charge is 1.59. The predicted octanol–water partition coefficient (Wildman–Crippen LogP) is 1.81. The van der Waals surface area contributed by atoms with E-state index in [1.165, 1.54) is 0 Å². The molecule has 1 nitrogen and oxygen atoms in total. The Morgan fingerprint density at radius 3 is 1.38 bits per heavy atom. The van der Waals surface area contributed by atoms with E-state index >= 15 is 0 Å². The minimum absolute atomic E-state index is 0.792. The van der Waals surface area contributed by atoms with Gasteiger partial charge in [0.2, 0.25) is 0 Å². The highest BCUT2D eigenvalue weighted by atomic mass is 35.5. The van der Waals surface area contributed by atoms with E-state index in [-0.39, 0.29) is 0 Å². The van der Waals surface area contributed by atoms with Gasteiger partial charge in [0.15, 0.2) is 0 Å². The summed E-state index contributed by atoms with van der Waals surface area (Å²) < 4.78 is 0. The lowest BCUT2D eigenvalue weighted by molar-refractivity contribution is 0.505. The van der Waals surface area contributed by atoms with Crippen molar-refractivity contribution in [3.05, 3.63) is 0 Å². The molecule has 0 aromatic heterocycles. The zero-order chi connectivity index (χ0) is 6.99. The maximum absolute atomic E-state index is 5.19. The Bertz CT molecular complexity index is 25.0. The third-order valence-corrected chi connectivity index (χ3v) is 0.567. The van der Waals surface area contributed by atoms with Crippen LogP contribution in [0.2, 0.25) is 0 Å². The first kappa shape index (κ1) is 11.1. The molecule has 0 rings (SSSR count). The van der Waals surface area contributed by atoms with Crippen LogP contribution in [0, 0.1) is 0 Å². The fourth-order valence-corrected chi connectivity index (χ4v) is 0. The molecule has 0 fully saturated rings. The highest BCUT2D eigenvalue weighted by Crippen LogP contribution is 1.75. The van der Waals surface area contributed by atoms with Crippen LogP contribution in [-0.2, 0) is 0 Å². The molecular weight excluding hydrogens is 122 g/mol. The molecule has 0 aliphatic carbocycles. The van der Waals surface area contributed by atoms with Crippen LogP contribution in [0.15, 0.2) is 0 Å². The van der Waals surface area contributed by atoms with E-state index in [0.717, 1.165) is 12.3 Å². The number of halogens is 1. The number of rotatable bonds is 1. The molecule has 0 amide bonds. The van der Waals surface area contributed by atoms with Crippen molar-refractivity contribution in [2.24, 2.45) is 0 Å². The average molecular weight is 138 g/mol. The van der Waals surface area contributed by atoms with E-state index in [2.05, 4.69) is 0 Å². The second-order valence-electron chi connectivity index (χ2n) is 2.03. The van der Waals surface area contributed by atoms with Crippen LogP contribution in [0.25, 0.3) is 0 Å². The fourth-order valence-electron chi connectivity index (χ4n) is 0. The Hall–Kier alpha value is 0.250. The summed E-state index contributed by atoms with van der Waals surface area (Å²) in [5.41, 5.74) is 0. The van der Waals surface area contributed by atoms with Crippen LogP contribution in [-0.4, -0.2) is 31.9 Å². The summed E-state index contributed by atoms with van der Waals surface area (Å²) >= 11 is 5.19. The van der Waals surface area contributed by atoms with Crippen LogP contribution in [0.3, 0.4) is 0 Å². The van der Waals surface area contributed by atoms with Crippen molar-refractivity contribution in [1.29, 1.82) is 0 Å². The summed E-state index contributed by atoms with van der Waals surface area (Å²) in [6.45, 7) is 2.05. The van der Waals surface area contributed by atoms with Gasteiger partial charge >= 0.3 is 0 Å². The van der Waals surface area contributed by atoms with Crippen molar-refractivity contribution in [3.8, 4) is 0 Å². The van der Waals surface area contributed by atoms with Crippen molar-refractivity contribution in [2.75, 3.05) is 27.0 Å². The van der Waals surface area contributed by atoms with Gasteiger partial charge < -0.3 is 4.90 Å². The molecule has 0 radical (unpaired) electrons. The van der Waals surface area contributed by atoms with Crippen LogP contribution < -0.4 is 0 Å². The molecule has 0 aromatic carbocycles. The summed E-state index contributed by atoms with van der Waals surface area (Å²) in [6.07, 6.45) is 1.08. The van der Waals surface area contributed by atoms with Crippen molar-refractivity contribution < 1.29 is 0 Å². The molecule has 0 atom stereocenters. The minimum Gasteiger partial charge on any atom is -0.312 e. The average Bonchev–Trinajstić information content (AvgIpc) is 1.65. The highest BCUT2D eigenvalue weighted by molar-refractivity contribution is 6.17. The van der Waals surface area contributed by atoms with Crippen molar-refractivity contribution in [2.45, 2.75) is 13.3 Å². The lowest BCUT2D eigenvalue weighted by Gasteiger charge is -1.90. The first-order valence-corrected chi connectivity index (χ1v) is 3.35. The van der Waals surface area contributed by atoms with Crippen LogP contribution in [0.5, 0.6) is 0 Å². The van der Waals surface area contributed by atoms with E-state index in [4.69, 9.17) is 11.6 Å². The topological polar surface area (TPSA) is 3.24 Å². The van der Waals surface area contributed by atoms with E-state index in [1.807, 2.05) is 33.0 Å². The second kappa shape index (κ2) is 10.3. The zero-order valence-electron chi connectivity index (χ0n) is 6.24. The summed E-state index contributed by atoms with van der Waals surface area (Å²) in [6, 6.07) is 0. The maximum atomic E-state index is 5.19. The van der Waals surface area contributed by atoms with Gasteiger partial charge in [0.25, 0.3) is 0 Å². The summed E-state index contributed by atoms with van der Waals surface area (Å²) in [4.78, 5) is 2.00. The van der Waals surface area contributed by atoms with E-state index in [1.54, 1.807) is 0 Å². The van der Waals surface area contributed by atoms with Gasteiger partial charge in [-0.05, 0) is 27.6 Å². The molecule has 0 unspecified atom stereocenters. The molecule has 0 N–H and O–H groups in total. The summed E-state index contributed by atoms with van der Waals surface area (Å²) in [7, 11) is 6.00. The molecule has 0 heterocycles. The van der Waals surface area contributed by atoms with Crippen LogP contribution >= 0.6 is 11.6 Å². The number of nitrogens with zero attached hydrogens (tertiary/aromatic N) is 1. The molecule has 0 aromatic rings. The lowest BCUT2D eigenvalue weighted by Crippen LogP contribution is -1.99. The van der Waals surface area contributed by atoms with Gasteiger partial charge in [0, 0.05) is 5.88 Å². The van der Waals surface area contributed by atoms with E-state index in [9.17, 15) is 0 Å². The van der Waals surface area contributed by atoms with Gasteiger partial charge in [0.1, 0.15) is 0 Å². The van der Waals surface area contributed by atoms with Crippen molar-refractivity contribution >= 4 is 11.6 Å². The minimum atomic E-state index is 0.792. The van der Waals surface area contributed by atoms with Crippen molar-refractivity contribution in [3.63, 3.8) is 0 Å². The third-order valence-electron chi connectivity index (χ3n) is 0.189. The van der Waals surface area contributed by atoms with Crippen LogP contribution in [0.1, 0.15) is 13.3 Å². The molecular formula is C6H16ClN. The molecule has 0 aliphatic rings. The normalized spacial score (nSPS) is 8.25. The Morgan fingerprint density at radius 2 is 1.38 bits per heavy atom. The number of hydrogen-bond donors (Lipinski definition) is 0. The molecule has 52 valence electrons. The standard InChI is InChI=1S/C3H7Cl.C3H9N/c1-2-3-4;1-4(2)3/h2-3H2,1H3;1-3H3. The van der Waals surface area contributed by atoms with E-state index in [0.29, 0.717) is 0 Å². The Labute approximate surface area is 57.6 Å². The van der Waals surface area contributed by atoms with E-state index < -0.39 is 0 Å². The first-order valence-electron chi connectivity index (χ1n) is 2.82. The number of hydrogen-bond acceptors (Lipinski definition) is 1. The van der Waals surface area contributed by atoms with Crippen molar-refractivity contribution in [1.82, 2.24) is 4.90 Å². The van der Waals surface area contributed by atoms with Crippen LogP contribution in [0.4, 0.5) is 0 Å². The smallest absolute Gasteiger partial charge is 0.0220 e. The Morgan fingerprint density at radius 1 is 1.25 bits per heavy atom. The SMILES string of the molecule is CCCCl.CN(C)C. The quantitative estimate of drug-likeness (QED) is 0.499. The largest absolute Gasteiger partial charge is 0.312 e. The lowest BCUT2D eigenvalue weighted by atomic mass is 10.6. The molecule has 2 heteroatoms. The third kappa shape index (κ3) is 110. The molecule has 0 spiro atoms. The second-order valence-corrected chi connectivity index (χ2v) is 2.41. The fraction of sp³-hybridized carbons (Fsp3) is 1.00. The molecule has 0 saturated carbocycles. The van der Waals surface area contributed by atoms with Gasteiger partial charge in [-0.15, -0.1) is 11.6 Å². The monoisotopic (exact) mass is 137 g/mol. The molecule has 0 saturated heterocycles. The first-order chi connectivity index (χ1) is 3.65. The van der Waals surface area contributed by atoms with Gasteiger partial charge in [0.05, 0.1) is 0 Å². The summed E-state index contributed by atoms with van der Waals surface area (Å²) in [5.74, 6) is 0.792. The van der Waals surface area contributed by atoms with Gasteiger partial charge in [-0.3, -0.25) is 0 Å². The Balaban J connectivity index is 0. The molecule has 0 aliphatic heterocycles. The zero-order valence-corrected chi connectivity index (χ0v) is 7.00. The predicted molar refractivity (Wildman–Crippen MR) is 40.6 cm³/mol.